The average molecular weight is 539 g/mol. The molecular formula is C30H31F3N3O3+. The van der Waals surface area contributed by atoms with E-state index in [9.17, 15) is 18.3 Å². The molecule has 1 aromatic heterocycles. The Hall–Kier alpha value is -3.69. The van der Waals surface area contributed by atoms with E-state index in [0.29, 0.717) is 30.1 Å². The molecule has 3 atom stereocenters. The molecule has 1 aliphatic heterocycles. The molecule has 204 valence electrons. The highest BCUT2D eigenvalue weighted by Gasteiger charge is 2.40. The molecule has 2 N–H and O–H groups in total. The molecule has 9 heteroatoms. The third-order valence-corrected chi connectivity index (χ3v) is 7.43. The molecule has 39 heavy (non-hydrogen) atoms. The van der Waals surface area contributed by atoms with Gasteiger partial charge in [-0.15, -0.1) is 0 Å². The van der Waals surface area contributed by atoms with Crippen LogP contribution >= 0.6 is 0 Å². The van der Waals surface area contributed by atoms with Crippen LogP contribution in [0.15, 0.2) is 89.5 Å². The number of halogens is 3. The lowest BCUT2D eigenvalue weighted by molar-refractivity contribution is -0.924. The first-order chi connectivity index (χ1) is 18.8. The lowest BCUT2D eigenvalue weighted by atomic mass is 9.85. The fourth-order valence-corrected chi connectivity index (χ4v) is 5.29. The Labute approximate surface area is 225 Å². The van der Waals surface area contributed by atoms with Crippen LogP contribution in [0.5, 0.6) is 5.75 Å². The van der Waals surface area contributed by atoms with E-state index < -0.39 is 17.3 Å². The third kappa shape index (κ3) is 5.84. The summed E-state index contributed by atoms with van der Waals surface area (Å²) < 4.78 is 51.3. The second kappa shape index (κ2) is 11.2. The zero-order chi connectivity index (χ0) is 27.5. The molecule has 1 fully saturated rings. The molecule has 5 rings (SSSR count). The molecule has 4 aromatic rings. The molecule has 0 bridgehead atoms. The van der Waals surface area contributed by atoms with E-state index in [1.54, 1.807) is 6.07 Å². The number of likely N-dealkylation sites (tertiary alicyclic amines) is 1. The number of rotatable bonds is 8. The smallest absolute Gasteiger partial charge is 0.416 e. The topological polar surface area (TPSA) is 72.8 Å². The van der Waals surface area contributed by atoms with Crippen molar-refractivity contribution >= 4 is 0 Å². The fraction of sp³-hybridized carbons (Fsp3) is 0.333. The summed E-state index contributed by atoms with van der Waals surface area (Å²) in [4.78, 5) is 5.72. The zero-order valence-corrected chi connectivity index (χ0v) is 21.6. The Morgan fingerprint density at radius 3 is 2.21 bits per heavy atom. The highest BCUT2D eigenvalue weighted by atomic mass is 19.4. The van der Waals surface area contributed by atoms with Crippen molar-refractivity contribution in [1.82, 2.24) is 10.1 Å². The Morgan fingerprint density at radius 1 is 0.949 bits per heavy atom. The van der Waals surface area contributed by atoms with Crippen molar-refractivity contribution in [3.63, 3.8) is 0 Å². The van der Waals surface area contributed by atoms with Crippen LogP contribution in [0.2, 0.25) is 0 Å². The van der Waals surface area contributed by atoms with Crippen molar-refractivity contribution in [1.29, 1.82) is 0 Å². The second-order valence-corrected chi connectivity index (χ2v) is 9.97. The zero-order valence-electron chi connectivity index (χ0n) is 21.6. The van der Waals surface area contributed by atoms with Gasteiger partial charge in [0.1, 0.15) is 12.3 Å². The molecular weight excluding hydrogens is 507 g/mol. The van der Waals surface area contributed by atoms with Crippen LogP contribution in [0.4, 0.5) is 13.2 Å². The number of nitrogens with one attached hydrogen (secondary N) is 1. The summed E-state index contributed by atoms with van der Waals surface area (Å²) in [5, 5.41) is 16.1. The van der Waals surface area contributed by atoms with Gasteiger partial charge in [0.2, 0.25) is 5.82 Å². The predicted octanol–water partition coefficient (Wildman–Crippen LogP) is 4.64. The van der Waals surface area contributed by atoms with Crippen molar-refractivity contribution in [2.45, 2.75) is 44.2 Å². The van der Waals surface area contributed by atoms with E-state index in [4.69, 9.17) is 9.26 Å². The van der Waals surface area contributed by atoms with E-state index >= 15 is 0 Å². The van der Waals surface area contributed by atoms with Gasteiger partial charge >= 0.3 is 6.18 Å². The van der Waals surface area contributed by atoms with Crippen molar-refractivity contribution in [3.05, 3.63) is 113 Å². The number of piperidine rings is 1. The molecule has 1 aliphatic rings. The Bertz CT molecular complexity index is 1320. The number of nitrogens with zero attached hydrogens (tertiary/aromatic N) is 2. The molecule has 0 saturated carbocycles. The van der Waals surface area contributed by atoms with Crippen molar-refractivity contribution < 1.29 is 32.4 Å². The minimum Gasteiger partial charge on any atom is -0.484 e. The average Bonchev–Trinajstić information content (AvgIpc) is 3.42. The lowest BCUT2D eigenvalue weighted by Crippen LogP contribution is -3.13. The minimum absolute atomic E-state index is 0.148. The van der Waals surface area contributed by atoms with Gasteiger partial charge in [-0.2, -0.15) is 18.2 Å². The van der Waals surface area contributed by atoms with Crippen LogP contribution in [0, 0.1) is 5.92 Å². The molecule has 1 saturated heterocycles. The summed E-state index contributed by atoms with van der Waals surface area (Å²) in [7, 11) is 0. The fourth-order valence-electron chi connectivity index (χ4n) is 5.29. The summed E-state index contributed by atoms with van der Waals surface area (Å²) in [5.41, 5.74) is -1.08. The number of benzene rings is 3. The Morgan fingerprint density at radius 2 is 1.59 bits per heavy atom. The largest absolute Gasteiger partial charge is 0.484 e. The van der Waals surface area contributed by atoms with E-state index in [0.717, 1.165) is 36.4 Å². The molecule has 0 aliphatic carbocycles. The van der Waals surface area contributed by atoms with Crippen molar-refractivity contribution in [3.8, 4) is 5.75 Å². The van der Waals surface area contributed by atoms with Crippen molar-refractivity contribution in [2.24, 2.45) is 5.92 Å². The van der Waals surface area contributed by atoms with E-state index in [1.807, 2.05) is 60.7 Å². The van der Waals surface area contributed by atoms with Gasteiger partial charge in [-0.05, 0) is 35.7 Å². The SMILES string of the molecule is CCC1CC[NH+](Cc2nc(C(O)(c3ccccc3)c3ccccc3)no2)CC1Oc1cccc(C(F)(F)F)c1. The number of hydrogen-bond donors (Lipinski definition) is 2. The van der Waals surface area contributed by atoms with Crippen LogP contribution in [0.1, 0.15) is 48.2 Å². The van der Waals surface area contributed by atoms with E-state index in [1.165, 1.54) is 6.07 Å². The van der Waals surface area contributed by atoms with Crippen LogP contribution in [-0.2, 0) is 18.3 Å². The Kier molecular flexibility index (Phi) is 7.72. The van der Waals surface area contributed by atoms with Gasteiger partial charge in [-0.1, -0.05) is 78.8 Å². The molecule has 3 unspecified atom stereocenters. The van der Waals surface area contributed by atoms with Crippen LogP contribution in [0.3, 0.4) is 0 Å². The van der Waals surface area contributed by atoms with Gasteiger partial charge < -0.3 is 19.3 Å². The molecule has 0 radical (unpaired) electrons. The maximum Gasteiger partial charge on any atom is 0.416 e. The summed E-state index contributed by atoms with van der Waals surface area (Å²) in [6.45, 7) is 3.89. The van der Waals surface area contributed by atoms with Gasteiger partial charge in [0.25, 0.3) is 5.89 Å². The van der Waals surface area contributed by atoms with Crippen LogP contribution < -0.4 is 9.64 Å². The molecule has 3 aromatic carbocycles. The maximum atomic E-state index is 13.2. The van der Waals surface area contributed by atoms with Crippen LogP contribution in [0.25, 0.3) is 0 Å². The standard InChI is InChI=1S/C30H30F3N3O3/c1-2-21-16-17-36(19-26(21)38-25-15-9-14-24(18-25)30(31,32)33)20-27-34-28(35-39-27)29(37,22-10-5-3-6-11-22)23-12-7-4-8-13-23/h3-15,18,21,26,37H,2,16-17,19-20H2,1H3/p+1. The summed E-state index contributed by atoms with van der Waals surface area (Å²) in [6, 6.07) is 23.4. The first-order valence-corrected chi connectivity index (χ1v) is 13.1. The normalized spacial score (nSPS) is 20.1. The first kappa shape index (κ1) is 26.9. The molecule has 6 nitrogen and oxygen atoms in total. The molecule has 0 spiro atoms. The summed E-state index contributed by atoms with van der Waals surface area (Å²) in [5.74, 6) is 0.959. The highest BCUT2D eigenvalue weighted by molar-refractivity contribution is 5.42. The monoisotopic (exact) mass is 538 g/mol. The number of aliphatic hydroxyl groups is 1. The number of quaternary nitrogens is 1. The molecule has 2 heterocycles. The second-order valence-electron chi connectivity index (χ2n) is 9.97. The van der Waals surface area contributed by atoms with Crippen LogP contribution in [-0.4, -0.2) is 34.4 Å². The van der Waals surface area contributed by atoms with Gasteiger partial charge in [-0.3, -0.25) is 0 Å². The Balaban J connectivity index is 1.34. The minimum atomic E-state index is -4.43. The lowest BCUT2D eigenvalue weighted by Gasteiger charge is -2.35. The predicted molar refractivity (Wildman–Crippen MR) is 138 cm³/mol. The number of alkyl halides is 3. The number of ether oxygens (including phenoxy) is 1. The van der Waals surface area contributed by atoms with Gasteiger partial charge in [0.15, 0.2) is 18.2 Å². The quantitative estimate of drug-likeness (QED) is 0.342. The third-order valence-electron chi connectivity index (χ3n) is 7.43. The van der Waals surface area contributed by atoms with Gasteiger partial charge in [0, 0.05) is 12.3 Å². The molecule has 0 amide bonds. The number of aromatic nitrogens is 2. The van der Waals surface area contributed by atoms with Crippen molar-refractivity contribution in [2.75, 3.05) is 13.1 Å². The highest BCUT2D eigenvalue weighted by Crippen LogP contribution is 2.35. The van der Waals surface area contributed by atoms with E-state index in [-0.39, 0.29) is 23.6 Å². The maximum absolute atomic E-state index is 13.2. The summed E-state index contributed by atoms with van der Waals surface area (Å²) in [6.07, 6.45) is -2.96. The number of hydrogen-bond acceptors (Lipinski definition) is 5. The first-order valence-electron chi connectivity index (χ1n) is 13.1. The van der Waals surface area contributed by atoms with Gasteiger partial charge in [0.05, 0.1) is 12.1 Å². The van der Waals surface area contributed by atoms with E-state index in [2.05, 4.69) is 17.1 Å². The van der Waals surface area contributed by atoms with Gasteiger partial charge in [-0.25, -0.2) is 0 Å². The summed E-state index contributed by atoms with van der Waals surface area (Å²) >= 11 is 0.